The molecule has 3 rings (SSSR count). The highest BCUT2D eigenvalue weighted by Gasteiger charge is 2.22. The second kappa shape index (κ2) is 8.56. The van der Waals surface area contributed by atoms with Crippen LogP contribution in [0.2, 0.25) is 0 Å². The number of esters is 1. The van der Waals surface area contributed by atoms with Gasteiger partial charge in [0.25, 0.3) is 0 Å². The Balaban J connectivity index is 1.64. The van der Waals surface area contributed by atoms with Crippen molar-refractivity contribution in [3.63, 3.8) is 0 Å². The van der Waals surface area contributed by atoms with Crippen molar-refractivity contribution >= 4 is 11.8 Å². The molecule has 2 heterocycles. The van der Waals surface area contributed by atoms with Gasteiger partial charge < -0.3 is 18.8 Å². The van der Waals surface area contributed by atoms with Crippen LogP contribution < -0.4 is 4.74 Å². The first kappa shape index (κ1) is 20.1. The van der Waals surface area contributed by atoms with Crippen LogP contribution in [0.5, 0.6) is 5.75 Å². The van der Waals surface area contributed by atoms with E-state index in [-0.39, 0.29) is 23.2 Å². The Kier molecular flexibility index (Phi) is 6.14. The van der Waals surface area contributed by atoms with Gasteiger partial charge in [0.2, 0.25) is 5.78 Å². The van der Waals surface area contributed by atoms with E-state index in [1.165, 1.54) is 19.2 Å². The van der Waals surface area contributed by atoms with E-state index in [2.05, 4.69) is 4.57 Å². The number of aryl methyl sites for hydroxylation is 1. The Morgan fingerprint density at radius 3 is 2.71 bits per heavy atom. The van der Waals surface area contributed by atoms with Gasteiger partial charge in [-0.3, -0.25) is 4.79 Å². The first-order valence-electron chi connectivity index (χ1n) is 9.23. The molecule has 0 spiro atoms. The standard InChI is InChI=1S/C21H24FNO5/c1-13-9-17(14(2)23(13)11-16-5-4-8-27-16)19(24)12-28-21(25)15-6-7-20(26-3)18(22)10-15/h6-7,9-10,16H,4-5,8,11-12H2,1-3H3. The number of carbonyl (C=O) groups is 2. The summed E-state index contributed by atoms with van der Waals surface area (Å²) in [5, 5.41) is 0. The third kappa shape index (κ3) is 4.25. The van der Waals surface area contributed by atoms with Crippen molar-refractivity contribution in [1.29, 1.82) is 0 Å². The number of ether oxygens (including phenoxy) is 3. The quantitative estimate of drug-likeness (QED) is 0.536. The van der Waals surface area contributed by atoms with E-state index in [0.29, 0.717) is 12.1 Å². The maximum atomic E-state index is 13.7. The van der Waals surface area contributed by atoms with E-state index in [9.17, 15) is 14.0 Å². The number of methoxy groups -OCH3 is 1. The summed E-state index contributed by atoms with van der Waals surface area (Å²) in [6.45, 7) is 4.88. The molecule has 1 aromatic heterocycles. The number of Topliss-reactive ketones (excluding diaryl/α,β-unsaturated/α-hetero) is 1. The molecule has 1 atom stereocenters. The third-order valence-corrected chi connectivity index (χ3v) is 5.01. The maximum absolute atomic E-state index is 13.7. The van der Waals surface area contributed by atoms with Crippen LogP contribution in [0, 0.1) is 19.7 Å². The molecular weight excluding hydrogens is 365 g/mol. The highest BCUT2D eigenvalue weighted by Crippen LogP contribution is 2.21. The van der Waals surface area contributed by atoms with Crippen LogP contribution >= 0.6 is 0 Å². The molecule has 7 heteroatoms. The van der Waals surface area contributed by atoms with E-state index < -0.39 is 18.4 Å². The topological polar surface area (TPSA) is 66.8 Å². The van der Waals surface area contributed by atoms with Gasteiger partial charge in [-0.1, -0.05) is 0 Å². The summed E-state index contributed by atoms with van der Waals surface area (Å²) < 4.78 is 31.4. The highest BCUT2D eigenvalue weighted by molar-refractivity contribution is 6.00. The molecule has 1 fully saturated rings. The molecule has 28 heavy (non-hydrogen) atoms. The number of hydrogen-bond acceptors (Lipinski definition) is 5. The van der Waals surface area contributed by atoms with Crippen LogP contribution in [0.25, 0.3) is 0 Å². The molecule has 150 valence electrons. The SMILES string of the molecule is COc1ccc(C(=O)OCC(=O)c2cc(C)n(CC3CCCO3)c2C)cc1F. The first-order valence-corrected chi connectivity index (χ1v) is 9.23. The van der Waals surface area contributed by atoms with Crippen LogP contribution in [-0.2, 0) is 16.0 Å². The Hall–Kier alpha value is -2.67. The van der Waals surface area contributed by atoms with Crippen LogP contribution in [0.3, 0.4) is 0 Å². The Labute approximate surface area is 163 Å². The summed E-state index contributed by atoms with van der Waals surface area (Å²) in [4.78, 5) is 24.7. The molecule has 1 unspecified atom stereocenters. The predicted molar refractivity (Wildman–Crippen MR) is 100 cm³/mol. The first-order chi connectivity index (χ1) is 13.4. The summed E-state index contributed by atoms with van der Waals surface area (Å²) in [7, 11) is 1.34. The fourth-order valence-corrected chi connectivity index (χ4v) is 3.44. The minimum absolute atomic E-state index is 0.0231. The van der Waals surface area contributed by atoms with Crippen molar-refractivity contribution in [3.05, 3.63) is 52.6 Å². The zero-order chi connectivity index (χ0) is 20.3. The average molecular weight is 389 g/mol. The van der Waals surface area contributed by atoms with Gasteiger partial charge in [-0.15, -0.1) is 0 Å². The average Bonchev–Trinajstić information content (AvgIpc) is 3.29. The zero-order valence-corrected chi connectivity index (χ0v) is 16.3. The molecule has 1 aliphatic rings. The number of nitrogens with zero attached hydrogens (tertiary/aromatic N) is 1. The lowest BCUT2D eigenvalue weighted by Crippen LogP contribution is -2.18. The van der Waals surface area contributed by atoms with E-state index >= 15 is 0 Å². The molecule has 1 saturated heterocycles. The van der Waals surface area contributed by atoms with Crippen LogP contribution in [0.15, 0.2) is 24.3 Å². The number of halogens is 1. The number of ketones is 1. The van der Waals surface area contributed by atoms with Crippen molar-refractivity contribution < 1.29 is 28.2 Å². The molecule has 1 aliphatic heterocycles. The van der Waals surface area contributed by atoms with Gasteiger partial charge in [0, 0.05) is 30.1 Å². The minimum atomic E-state index is -0.761. The van der Waals surface area contributed by atoms with Gasteiger partial charge >= 0.3 is 5.97 Å². The van der Waals surface area contributed by atoms with E-state index in [1.807, 2.05) is 13.8 Å². The van der Waals surface area contributed by atoms with Crippen molar-refractivity contribution in [2.45, 2.75) is 39.3 Å². The Morgan fingerprint density at radius 2 is 2.07 bits per heavy atom. The number of carbonyl (C=O) groups excluding carboxylic acids is 2. The minimum Gasteiger partial charge on any atom is -0.494 e. The van der Waals surface area contributed by atoms with E-state index in [1.54, 1.807) is 6.07 Å². The molecule has 1 aromatic carbocycles. The third-order valence-electron chi connectivity index (χ3n) is 5.01. The zero-order valence-electron chi connectivity index (χ0n) is 16.3. The van der Waals surface area contributed by atoms with Crippen molar-refractivity contribution in [3.8, 4) is 5.75 Å². The van der Waals surface area contributed by atoms with Crippen molar-refractivity contribution in [2.75, 3.05) is 20.3 Å². The van der Waals surface area contributed by atoms with E-state index in [0.717, 1.165) is 36.9 Å². The summed E-state index contributed by atoms with van der Waals surface area (Å²) in [6.07, 6.45) is 2.23. The molecule has 2 aromatic rings. The molecule has 0 bridgehead atoms. The van der Waals surface area contributed by atoms with Gasteiger partial charge in [-0.2, -0.15) is 0 Å². The fourth-order valence-electron chi connectivity index (χ4n) is 3.44. The molecule has 0 N–H and O–H groups in total. The van der Waals surface area contributed by atoms with Crippen LogP contribution in [-0.4, -0.2) is 42.7 Å². The lowest BCUT2D eigenvalue weighted by atomic mass is 10.1. The van der Waals surface area contributed by atoms with Crippen molar-refractivity contribution in [2.24, 2.45) is 0 Å². The fraction of sp³-hybridized carbons (Fsp3) is 0.429. The predicted octanol–water partition coefficient (Wildman–Crippen LogP) is 3.47. The number of rotatable bonds is 7. The monoisotopic (exact) mass is 389 g/mol. The molecule has 0 aliphatic carbocycles. The number of aromatic nitrogens is 1. The summed E-state index contributed by atoms with van der Waals surface area (Å²) in [5.41, 5.74) is 2.32. The molecule has 6 nitrogen and oxygen atoms in total. The summed E-state index contributed by atoms with van der Waals surface area (Å²) >= 11 is 0. The van der Waals surface area contributed by atoms with Gasteiger partial charge in [0.1, 0.15) is 0 Å². The smallest absolute Gasteiger partial charge is 0.338 e. The van der Waals surface area contributed by atoms with Gasteiger partial charge in [0.15, 0.2) is 18.2 Å². The summed E-state index contributed by atoms with van der Waals surface area (Å²) in [6, 6.07) is 5.56. The molecule has 0 amide bonds. The van der Waals surface area contributed by atoms with Gasteiger partial charge in [-0.25, -0.2) is 9.18 Å². The summed E-state index contributed by atoms with van der Waals surface area (Å²) in [5.74, 6) is -1.69. The number of hydrogen-bond donors (Lipinski definition) is 0. The molecule has 0 saturated carbocycles. The lowest BCUT2D eigenvalue weighted by molar-refractivity contribution is 0.0474. The normalized spacial score (nSPS) is 16.2. The highest BCUT2D eigenvalue weighted by atomic mass is 19.1. The number of benzene rings is 1. The van der Waals surface area contributed by atoms with Gasteiger partial charge in [-0.05, 0) is 51.0 Å². The second-order valence-corrected chi connectivity index (χ2v) is 6.88. The largest absolute Gasteiger partial charge is 0.494 e. The van der Waals surface area contributed by atoms with Crippen molar-refractivity contribution in [1.82, 2.24) is 4.57 Å². The molecule has 0 radical (unpaired) electrons. The Morgan fingerprint density at radius 1 is 1.29 bits per heavy atom. The second-order valence-electron chi connectivity index (χ2n) is 6.88. The molecular formula is C21H24FNO5. The van der Waals surface area contributed by atoms with Crippen LogP contribution in [0.4, 0.5) is 4.39 Å². The van der Waals surface area contributed by atoms with E-state index in [4.69, 9.17) is 14.2 Å². The van der Waals surface area contributed by atoms with Crippen LogP contribution in [0.1, 0.15) is 44.9 Å². The van der Waals surface area contributed by atoms with Gasteiger partial charge in [0.05, 0.1) is 18.8 Å². The maximum Gasteiger partial charge on any atom is 0.338 e. The Bertz CT molecular complexity index is 883. The lowest BCUT2D eigenvalue weighted by Gasteiger charge is -2.14.